The van der Waals surface area contributed by atoms with Crippen LogP contribution in [0.15, 0.2) is 0 Å². The lowest BCUT2D eigenvalue weighted by Gasteiger charge is -2.64. The third-order valence-corrected chi connectivity index (χ3v) is 12.5. The van der Waals surface area contributed by atoms with Gasteiger partial charge in [0.15, 0.2) is 0 Å². The third-order valence-electron chi connectivity index (χ3n) is 12.2. The number of nitrogens with zero attached hydrogens (tertiary/aromatic N) is 4. The van der Waals surface area contributed by atoms with Gasteiger partial charge in [-0.3, -0.25) is 0 Å². The van der Waals surface area contributed by atoms with Crippen LogP contribution in [0.1, 0.15) is 85.0 Å². The summed E-state index contributed by atoms with van der Waals surface area (Å²) in [6.07, 6.45) is 11.1. The number of hydrogen-bond acceptors (Lipinski definition) is 5. The van der Waals surface area contributed by atoms with Crippen molar-refractivity contribution in [3.05, 3.63) is 22.8 Å². The minimum absolute atomic E-state index is 0.0586. The van der Waals surface area contributed by atoms with Gasteiger partial charge in [-0.05, 0) is 106 Å². The topological polar surface area (TPSA) is 63.4 Å². The predicted octanol–water partition coefficient (Wildman–Crippen LogP) is 7.43. The van der Waals surface area contributed by atoms with Gasteiger partial charge in [0.25, 0.3) is 0 Å². The molecule has 4 fully saturated rings. The van der Waals surface area contributed by atoms with Crippen LogP contribution in [0.5, 0.6) is 0 Å². The fourth-order valence-corrected chi connectivity index (χ4v) is 10.5. The van der Waals surface area contributed by atoms with E-state index in [9.17, 15) is 5.26 Å². The van der Waals surface area contributed by atoms with Gasteiger partial charge in [-0.15, -0.1) is 0 Å². The molecule has 234 valence electrons. The average Bonchev–Trinajstić information content (AvgIpc) is 3.32. The minimum Gasteiger partial charge on any atom is -0.377 e. The van der Waals surface area contributed by atoms with Crippen molar-refractivity contribution in [1.29, 1.82) is 5.26 Å². The first-order chi connectivity index (χ1) is 20.2. The highest BCUT2D eigenvalue weighted by Crippen LogP contribution is 2.69. The maximum absolute atomic E-state index is 9.31. The van der Waals surface area contributed by atoms with Crippen LogP contribution in [-0.4, -0.2) is 68.7 Å². The van der Waals surface area contributed by atoms with Crippen LogP contribution < -0.4 is 0 Å². The summed E-state index contributed by atoms with van der Waals surface area (Å²) in [5.74, 6) is 3.21. The molecule has 4 rings (SSSR count). The van der Waals surface area contributed by atoms with E-state index in [0.29, 0.717) is 74.8 Å². The van der Waals surface area contributed by atoms with E-state index in [2.05, 4.69) is 63.7 Å². The standard InChI is InChI=1S/C34H53BrN4O3/c1-24(9-7-17-39(6)35)27-10-11-28-32-29(23-31(34(27,28)3)42-20-16-38-5)33(2)13-12-26(40-19-15-37-4)21-25(33)22-30(32)41-18-8-14-36/h24-32H,7-13,15-23H2,1-3,6H3/t24-,25?,26-,27-,28+,29+,30-,31+,32?,33+,34-/m1/s1. The first-order valence-electron chi connectivity index (χ1n) is 16.5. The SMILES string of the molecule is [C-]#[N+]CCO[C@@H]1CC[C@@]2(C)C(C1)C[C@@H](OCCC#N)C1[C@@H]3CC[C@H]([C@H](C)CCCN(C)Br)[C@@]3(C)[C@@H](OCC[N+]#[C-])C[C@@H]12. The van der Waals surface area contributed by atoms with E-state index in [1.54, 1.807) is 0 Å². The van der Waals surface area contributed by atoms with Crippen molar-refractivity contribution < 1.29 is 14.2 Å². The number of fused-ring (bicyclic) bond motifs is 5. The van der Waals surface area contributed by atoms with Crippen molar-refractivity contribution in [2.75, 3.05) is 46.5 Å². The fourth-order valence-electron chi connectivity index (χ4n) is 10.2. The highest BCUT2D eigenvalue weighted by molar-refractivity contribution is 9.07. The zero-order valence-electron chi connectivity index (χ0n) is 26.4. The summed E-state index contributed by atoms with van der Waals surface area (Å²) in [7, 11) is 2.08. The first-order valence-corrected chi connectivity index (χ1v) is 17.2. The van der Waals surface area contributed by atoms with E-state index in [-0.39, 0.29) is 29.1 Å². The summed E-state index contributed by atoms with van der Waals surface area (Å²) in [5, 5.41) is 9.31. The summed E-state index contributed by atoms with van der Waals surface area (Å²) in [6.45, 7) is 25.5. The maximum atomic E-state index is 9.31. The monoisotopic (exact) mass is 644 g/mol. The Balaban J connectivity index is 1.63. The van der Waals surface area contributed by atoms with Gasteiger partial charge in [-0.25, -0.2) is 17.1 Å². The molecule has 4 saturated carbocycles. The number of rotatable bonds is 14. The lowest BCUT2D eigenvalue weighted by atomic mass is 9.43. The van der Waals surface area contributed by atoms with Crippen LogP contribution in [0.4, 0.5) is 0 Å². The minimum atomic E-state index is 0.0586. The molecule has 0 aromatic rings. The molecule has 11 atom stereocenters. The molecular weight excluding hydrogens is 592 g/mol. The van der Waals surface area contributed by atoms with Crippen LogP contribution in [0.2, 0.25) is 0 Å². The lowest BCUT2D eigenvalue weighted by molar-refractivity contribution is -0.226. The maximum Gasteiger partial charge on any atom is 0.237 e. The van der Waals surface area contributed by atoms with Crippen molar-refractivity contribution in [3.8, 4) is 6.07 Å². The molecule has 0 radical (unpaired) electrons. The summed E-state index contributed by atoms with van der Waals surface area (Å²) >= 11 is 3.58. The quantitative estimate of drug-likeness (QED) is 0.112. The lowest BCUT2D eigenvalue weighted by Crippen LogP contribution is -2.63. The molecule has 0 aromatic heterocycles. The van der Waals surface area contributed by atoms with Crippen LogP contribution >= 0.6 is 16.1 Å². The van der Waals surface area contributed by atoms with Gasteiger partial charge < -0.3 is 23.9 Å². The van der Waals surface area contributed by atoms with E-state index in [1.807, 2.05) is 0 Å². The van der Waals surface area contributed by atoms with Crippen molar-refractivity contribution in [2.24, 2.45) is 46.3 Å². The van der Waals surface area contributed by atoms with Crippen molar-refractivity contribution in [2.45, 2.75) is 103 Å². The molecular formula is C34H53BrN4O3. The Kier molecular flexibility index (Phi) is 12.2. The molecule has 4 aliphatic carbocycles. The Morgan fingerprint density at radius 1 is 1.00 bits per heavy atom. The van der Waals surface area contributed by atoms with Crippen molar-refractivity contribution in [3.63, 3.8) is 0 Å². The number of halogens is 1. The Morgan fingerprint density at radius 3 is 2.43 bits per heavy atom. The van der Waals surface area contributed by atoms with E-state index in [0.717, 1.165) is 38.6 Å². The summed E-state index contributed by atoms with van der Waals surface area (Å²) in [6, 6.07) is 2.30. The summed E-state index contributed by atoms with van der Waals surface area (Å²) in [4.78, 5) is 7.11. The zero-order chi connectivity index (χ0) is 30.3. The molecule has 0 N–H and O–H groups in total. The van der Waals surface area contributed by atoms with Gasteiger partial charge in [0, 0.05) is 28.1 Å². The summed E-state index contributed by atoms with van der Waals surface area (Å²) in [5.41, 5.74) is 0.259. The fraction of sp³-hybridized carbons (Fsp3) is 0.912. The molecule has 0 heterocycles. The zero-order valence-corrected chi connectivity index (χ0v) is 28.0. The second-order valence-electron chi connectivity index (χ2n) is 14.2. The smallest absolute Gasteiger partial charge is 0.237 e. The molecule has 0 spiro atoms. The molecule has 0 aliphatic heterocycles. The Labute approximate surface area is 264 Å². The highest BCUT2D eigenvalue weighted by Gasteiger charge is 2.66. The van der Waals surface area contributed by atoms with Crippen LogP contribution in [0.25, 0.3) is 9.69 Å². The Hall–Kier alpha value is -1.21. The average molecular weight is 646 g/mol. The molecule has 4 aliphatic rings. The van der Waals surface area contributed by atoms with E-state index >= 15 is 0 Å². The Morgan fingerprint density at radius 2 is 1.74 bits per heavy atom. The number of ether oxygens (including phenoxy) is 3. The first kappa shape index (κ1) is 33.7. The summed E-state index contributed by atoms with van der Waals surface area (Å²) < 4.78 is 21.8. The van der Waals surface area contributed by atoms with Gasteiger partial charge in [0.2, 0.25) is 13.1 Å². The van der Waals surface area contributed by atoms with Crippen molar-refractivity contribution in [1.82, 2.24) is 3.93 Å². The van der Waals surface area contributed by atoms with E-state index in [4.69, 9.17) is 27.4 Å². The second kappa shape index (κ2) is 15.2. The van der Waals surface area contributed by atoms with Crippen LogP contribution in [0.3, 0.4) is 0 Å². The third kappa shape index (κ3) is 7.03. The molecule has 0 bridgehead atoms. The van der Waals surface area contributed by atoms with Crippen LogP contribution in [0, 0.1) is 70.8 Å². The molecule has 8 heteroatoms. The second-order valence-corrected chi connectivity index (χ2v) is 15.4. The van der Waals surface area contributed by atoms with E-state index in [1.165, 1.54) is 25.7 Å². The van der Waals surface area contributed by atoms with Gasteiger partial charge in [0.05, 0.1) is 37.4 Å². The van der Waals surface area contributed by atoms with Gasteiger partial charge >= 0.3 is 0 Å². The number of nitriles is 1. The van der Waals surface area contributed by atoms with Gasteiger partial charge in [-0.2, -0.15) is 5.26 Å². The molecule has 7 nitrogen and oxygen atoms in total. The largest absolute Gasteiger partial charge is 0.377 e. The Bertz CT molecular complexity index is 1010. The molecule has 0 saturated heterocycles. The molecule has 42 heavy (non-hydrogen) atoms. The highest BCUT2D eigenvalue weighted by atomic mass is 79.9. The molecule has 0 amide bonds. The van der Waals surface area contributed by atoms with Gasteiger partial charge in [0.1, 0.15) is 13.2 Å². The molecule has 0 aromatic carbocycles. The molecule has 2 unspecified atom stereocenters. The van der Waals surface area contributed by atoms with Gasteiger partial charge in [-0.1, -0.05) is 20.8 Å². The number of hydrogen-bond donors (Lipinski definition) is 0. The van der Waals surface area contributed by atoms with Crippen LogP contribution in [-0.2, 0) is 14.2 Å². The van der Waals surface area contributed by atoms with E-state index < -0.39 is 0 Å². The van der Waals surface area contributed by atoms with Crippen molar-refractivity contribution >= 4 is 16.1 Å². The predicted molar refractivity (Wildman–Crippen MR) is 168 cm³/mol. The normalized spacial score (nSPS) is 39.8.